The lowest BCUT2D eigenvalue weighted by molar-refractivity contribution is -0.145. The largest absolute Gasteiger partial charge is 0.461 e. The zero-order chi connectivity index (χ0) is 15.7. The summed E-state index contributed by atoms with van der Waals surface area (Å²) in [6.07, 6.45) is 0.315. The van der Waals surface area contributed by atoms with Gasteiger partial charge in [-0.3, -0.25) is 4.79 Å². The number of hydrogen-bond acceptors (Lipinski definition) is 4. The molecule has 116 valence electrons. The van der Waals surface area contributed by atoms with Crippen molar-refractivity contribution in [2.75, 3.05) is 6.54 Å². The van der Waals surface area contributed by atoms with Gasteiger partial charge in [-0.2, -0.15) is 0 Å². The van der Waals surface area contributed by atoms with Gasteiger partial charge in [0.05, 0.1) is 0 Å². The minimum Gasteiger partial charge on any atom is -0.461 e. The molecule has 0 fully saturated rings. The number of esters is 1. The molecule has 0 aliphatic carbocycles. The van der Waals surface area contributed by atoms with Crippen LogP contribution >= 0.6 is 0 Å². The lowest BCUT2D eigenvalue weighted by Gasteiger charge is -2.19. The van der Waals surface area contributed by atoms with E-state index in [1.165, 1.54) is 0 Å². The van der Waals surface area contributed by atoms with Crippen LogP contribution < -0.4 is 5.32 Å². The van der Waals surface area contributed by atoms with Crippen molar-refractivity contribution in [1.82, 2.24) is 5.32 Å². The molecular weight excluding hydrogens is 270 g/mol. The maximum atomic E-state index is 11.5. The van der Waals surface area contributed by atoms with E-state index < -0.39 is 11.7 Å². The number of rotatable bonds is 6. The van der Waals surface area contributed by atoms with Gasteiger partial charge in [-0.1, -0.05) is 30.3 Å². The SMILES string of the molecule is CC(C)(C)OC(=O)NCCCC(=O)OCc1ccccc1. The van der Waals surface area contributed by atoms with Crippen LogP contribution in [0.25, 0.3) is 0 Å². The molecule has 5 heteroatoms. The minimum atomic E-state index is -0.515. The molecule has 1 amide bonds. The summed E-state index contributed by atoms with van der Waals surface area (Å²) in [6, 6.07) is 9.50. The summed E-state index contributed by atoms with van der Waals surface area (Å²) in [5.74, 6) is -0.273. The monoisotopic (exact) mass is 293 g/mol. The van der Waals surface area contributed by atoms with Crippen LogP contribution in [-0.2, 0) is 20.9 Å². The summed E-state index contributed by atoms with van der Waals surface area (Å²) in [5.41, 5.74) is 0.441. The van der Waals surface area contributed by atoms with Crippen molar-refractivity contribution >= 4 is 12.1 Å². The lowest BCUT2D eigenvalue weighted by atomic mass is 10.2. The molecule has 21 heavy (non-hydrogen) atoms. The fourth-order valence-electron chi connectivity index (χ4n) is 1.55. The van der Waals surface area contributed by atoms with E-state index in [1.807, 2.05) is 30.3 Å². The van der Waals surface area contributed by atoms with Gasteiger partial charge in [0.15, 0.2) is 0 Å². The Kier molecular flexibility index (Phi) is 6.72. The van der Waals surface area contributed by atoms with Gasteiger partial charge in [0.2, 0.25) is 0 Å². The second kappa shape index (κ2) is 8.29. The highest BCUT2D eigenvalue weighted by molar-refractivity contribution is 5.70. The van der Waals surface area contributed by atoms with E-state index in [0.717, 1.165) is 5.56 Å². The predicted molar refractivity (Wildman–Crippen MR) is 79.7 cm³/mol. The van der Waals surface area contributed by atoms with E-state index in [1.54, 1.807) is 20.8 Å². The summed E-state index contributed by atoms with van der Waals surface area (Å²) in [6.45, 7) is 6.06. The van der Waals surface area contributed by atoms with E-state index in [2.05, 4.69) is 5.32 Å². The highest BCUT2D eigenvalue weighted by Gasteiger charge is 2.15. The van der Waals surface area contributed by atoms with Gasteiger partial charge in [-0.05, 0) is 32.8 Å². The minimum absolute atomic E-state index is 0.266. The van der Waals surface area contributed by atoms with Crippen LogP contribution in [0.5, 0.6) is 0 Å². The number of ether oxygens (including phenoxy) is 2. The molecule has 1 aromatic rings. The first kappa shape index (κ1) is 17.0. The zero-order valence-electron chi connectivity index (χ0n) is 12.8. The molecule has 0 aliphatic rings. The number of carbonyl (C=O) groups excluding carboxylic acids is 2. The predicted octanol–water partition coefficient (Wildman–Crippen LogP) is 3.03. The number of benzene rings is 1. The van der Waals surface area contributed by atoms with E-state index in [0.29, 0.717) is 13.0 Å². The third-order valence-corrected chi connectivity index (χ3v) is 2.47. The summed E-state index contributed by atoms with van der Waals surface area (Å²) in [5, 5.41) is 2.60. The van der Waals surface area contributed by atoms with Crippen molar-refractivity contribution in [3.63, 3.8) is 0 Å². The number of nitrogens with one attached hydrogen (secondary N) is 1. The second-order valence-corrected chi connectivity index (χ2v) is 5.68. The molecule has 1 N–H and O–H groups in total. The van der Waals surface area contributed by atoms with Crippen LogP contribution in [0.15, 0.2) is 30.3 Å². The van der Waals surface area contributed by atoms with Gasteiger partial charge in [-0.15, -0.1) is 0 Å². The fraction of sp³-hybridized carbons (Fsp3) is 0.500. The van der Waals surface area contributed by atoms with Crippen LogP contribution in [0.4, 0.5) is 4.79 Å². The van der Waals surface area contributed by atoms with Crippen molar-refractivity contribution in [3.05, 3.63) is 35.9 Å². The highest BCUT2D eigenvalue weighted by atomic mass is 16.6. The second-order valence-electron chi connectivity index (χ2n) is 5.68. The molecule has 0 atom stereocenters. The summed E-state index contributed by atoms with van der Waals surface area (Å²) >= 11 is 0. The molecule has 0 spiro atoms. The van der Waals surface area contributed by atoms with E-state index in [9.17, 15) is 9.59 Å². The molecule has 0 bridgehead atoms. The summed E-state index contributed by atoms with van der Waals surface area (Å²) < 4.78 is 10.2. The van der Waals surface area contributed by atoms with Gasteiger partial charge < -0.3 is 14.8 Å². The van der Waals surface area contributed by atoms with Crippen LogP contribution in [0.3, 0.4) is 0 Å². The Balaban J connectivity index is 2.10. The fourth-order valence-corrected chi connectivity index (χ4v) is 1.55. The Morgan fingerprint density at radius 2 is 1.81 bits per heavy atom. The lowest BCUT2D eigenvalue weighted by Crippen LogP contribution is -2.33. The molecule has 5 nitrogen and oxygen atoms in total. The van der Waals surface area contributed by atoms with E-state index >= 15 is 0 Å². The highest BCUT2D eigenvalue weighted by Crippen LogP contribution is 2.06. The first-order chi connectivity index (χ1) is 9.87. The van der Waals surface area contributed by atoms with Crippen molar-refractivity contribution in [2.45, 2.75) is 45.8 Å². The quantitative estimate of drug-likeness (QED) is 0.647. The topological polar surface area (TPSA) is 64.6 Å². The van der Waals surface area contributed by atoms with Crippen LogP contribution in [0.2, 0.25) is 0 Å². The van der Waals surface area contributed by atoms with Gasteiger partial charge in [0.1, 0.15) is 12.2 Å². The standard InChI is InChI=1S/C16H23NO4/c1-16(2,3)21-15(19)17-11-7-10-14(18)20-12-13-8-5-4-6-9-13/h4-6,8-9H,7,10-12H2,1-3H3,(H,17,19). The first-order valence-corrected chi connectivity index (χ1v) is 7.03. The Hall–Kier alpha value is -2.04. The van der Waals surface area contributed by atoms with E-state index in [-0.39, 0.29) is 19.0 Å². The molecular formula is C16H23NO4. The molecule has 0 saturated heterocycles. The maximum Gasteiger partial charge on any atom is 0.407 e. The Bertz CT molecular complexity index is 451. The number of hydrogen-bond donors (Lipinski definition) is 1. The molecule has 0 heterocycles. The smallest absolute Gasteiger partial charge is 0.407 e. The summed E-state index contributed by atoms with van der Waals surface area (Å²) in [7, 11) is 0. The first-order valence-electron chi connectivity index (χ1n) is 7.03. The molecule has 0 radical (unpaired) electrons. The average Bonchev–Trinajstić information content (AvgIpc) is 2.40. The van der Waals surface area contributed by atoms with Crippen molar-refractivity contribution < 1.29 is 19.1 Å². The van der Waals surface area contributed by atoms with Crippen LogP contribution in [-0.4, -0.2) is 24.2 Å². The van der Waals surface area contributed by atoms with E-state index in [4.69, 9.17) is 9.47 Å². The van der Waals surface area contributed by atoms with Crippen molar-refractivity contribution in [1.29, 1.82) is 0 Å². The van der Waals surface area contributed by atoms with Crippen molar-refractivity contribution in [3.8, 4) is 0 Å². The maximum absolute atomic E-state index is 11.5. The molecule has 0 unspecified atom stereocenters. The van der Waals surface area contributed by atoms with Crippen LogP contribution in [0, 0.1) is 0 Å². The van der Waals surface area contributed by atoms with Gasteiger partial charge in [0.25, 0.3) is 0 Å². The average molecular weight is 293 g/mol. The molecule has 1 aromatic carbocycles. The molecule has 1 rings (SSSR count). The zero-order valence-corrected chi connectivity index (χ0v) is 12.8. The number of amides is 1. The molecule has 0 aliphatic heterocycles. The Labute approximate surface area is 125 Å². The van der Waals surface area contributed by atoms with Crippen molar-refractivity contribution in [2.24, 2.45) is 0 Å². The third-order valence-electron chi connectivity index (χ3n) is 2.47. The number of carbonyl (C=O) groups is 2. The van der Waals surface area contributed by atoms with Crippen LogP contribution in [0.1, 0.15) is 39.2 Å². The Morgan fingerprint density at radius 1 is 1.14 bits per heavy atom. The van der Waals surface area contributed by atoms with Gasteiger partial charge in [0, 0.05) is 13.0 Å². The van der Waals surface area contributed by atoms with Gasteiger partial charge in [-0.25, -0.2) is 4.79 Å². The normalized spacial score (nSPS) is 10.8. The summed E-state index contributed by atoms with van der Waals surface area (Å²) in [4.78, 5) is 22.9. The molecule has 0 aromatic heterocycles. The Morgan fingerprint density at radius 3 is 2.43 bits per heavy atom. The van der Waals surface area contributed by atoms with Gasteiger partial charge >= 0.3 is 12.1 Å². The number of alkyl carbamates (subject to hydrolysis) is 1. The third kappa shape index (κ3) is 8.68. The molecule has 0 saturated carbocycles.